The zero-order valence-electron chi connectivity index (χ0n) is 8.94. The van der Waals surface area contributed by atoms with Crippen molar-refractivity contribution in [1.82, 2.24) is 0 Å². The molecule has 0 atom stereocenters. The molecular formula is C13H10BrFNO+. The molecule has 0 bridgehead atoms. The number of benzene rings is 1. The van der Waals surface area contributed by atoms with Crippen molar-refractivity contribution >= 4 is 21.7 Å². The fourth-order valence-electron chi connectivity index (χ4n) is 1.47. The van der Waals surface area contributed by atoms with Crippen LogP contribution < -0.4 is 4.57 Å². The monoisotopic (exact) mass is 294 g/mol. The van der Waals surface area contributed by atoms with E-state index in [0.717, 1.165) is 4.47 Å². The highest BCUT2D eigenvalue weighted by Crippen LogP contribution is 2.10. The zero-order chi connectivity index (χ0) is 12.3. The highest BCUT2D eigenvalue weighted by molar-refractivity contribution is 9.10. The predicted octanol–water partition coefficient (Wildman–Crippen LogP) is 2.76. The van der Waals surface area contributed by atoms with Gasteiger partial charge in [-0.1, -0.05) is 28.1 Å². The normalized spacial score (nSPS) is 10.2. The molecule has 0 saturated carbocycles. The van der Waals surface area contributed by atoms with E-state index in [0.29, 0.717) is 5.56 Å². The summed E-state index contributed by atoms with van der Waals surface area (Å²) in [6.45, 7) is 0.00824. The fourth-order valence-corrected chi connectivity index (χ4v) is 1.73. The molecule has 0 unspecified atom stereocenters. The largest absolute Gasteiger partial charge is 0.359 e. The van der Waals surface area contributed by atoms with Crippen molar-refractivity contribution in [2.24, 2.45) is 0 Å². The maximum absolute atomic E-state index is 13.3. The van der Waals surface area contributed by atoms with E-state index in [9.17, 15) is 9.18 Å². The van der Waals surface area contributed by atoms with Crippen LogP contribution in [0.15, 0.2) is 53.1 Å². The first-order valence-electron chi connectivity index (χ1n) is 5.09. The number of Topliss-reactive ketones (excluding diaryl/α,β-unsaturated/α-hetero) is 1. The Hall–Kier alpha value is -1.55. The molecule has 2 nitrogen and oxygen atoms in total. The van der Waals surface area contributed by atoms with Crippen LogP contribution in [-0.4, -0.2) is 5.78 Å². The van der Waals surface area contributed by atoms with Gasteiger partial charge in [0.15, 0.2) is 6.20 Å². The van der Waals surface area contributed by atoms with E-state index in [1.54, 1.807) is 42.6 Å². The van der Waals surface area contributed by atoms with Gasteiger partial charge in [0.1, 0.15) is 0 Å². The summed E-state index contributed by atoms with van der Waals surface area (Å²) in [5.41, 5.74) is 0.573. The number of rotatable bonds is 3. The summed E-state index contributed by atoms with van der Waals surface area (Å²) in [7, 11) is 0. The molecule has 1 aromatic carbocycles. The smallest absolute Gasteiger partial charge is 0.287 e. The van der Waals surface area contributed by atoms with Gasteiger partial charge in [-0.05, 0) is 18.2 Å². The first-order valence-corrected chi connectivity index (χ1v) is 5.89. The Morgan fingerprint density at radius 1 is 1.18 bits per heavy atom. The Labute approximate surface area is 107 Å². The first-order chi connectivity index (χ1) is 8.16. The topological polar surface area (TPSA) is 20.9 Å². The van der Waals surface area contributed by atoms with Gasteiger partial charge in [0.2, 0.25) is 12.3 Å². The molecule has 4 heteroatoms. The second kappa shape index (κ2) is 5.19. The van der Waals surface area contributed by atoms with Crippen LogP contribution in [0.25, 0.3) is 0 Å². The van der Waals surface area contributed by atoms with Gasteiger partial charge >= 0.3 is 5.95 Å². The van der Waals surface area contributed by atoms with Crippen molar-refractivity contribution in [2.75, 3.05) is 0 Å². The van der Waals surface area contributed by atoms with Crippen molar-refractivity contribution in [2.45, 2.75) is 6.54 Å². The maximum Gasteiger partial charge on any atom is 0.359 e. The molecule has 1 heterocycles. The molecular weight excluding hydrogens is 285 g/mol. The highest BCUT2D eigenvalue weighted by Gasteiger charge is 2.15. The Morgan fingerprint density at radius 3 is 2.53 bits per heavy atom. The van der Waals surface area contributed by atoms with E-state index in [4.69, 9.17) is 0 Å². The summed E-state index contributed by atoms with van der Waals surface area (Å²) in [6, 6.07) is 11.6. The minimum atomic E-state index is -0.419. The third-order valence-electron chi connectivity index (χ3n) is 2.37. The van der Waals surface area contributed by atoms with E-state index in [-0.39, 0.29) is 12.3 Å². The van der Waals surface area contributed by atoms with E-state index in [1.807, 2.05) is 0 Å². The maximum atomic E-state index is 13.3. The van der Waals surface area contributed by atoms with Gasteiger partial charge in [0.05, 0.1) is 0 Å². The third-order valence-corrected chi connectivity index (χ3v) is 2.89. The van der Waals surface area contributed by atoms with Gasteiger partial charge in [-0.2, -0.15) is 4.57 Å². The Morgan fingerprint density at radius 2 is 1.88 bits per heavy atom. The standard InChI is InChI=1S/C13H10BrFNO/c14-11-6-4-10(5-7-11)12(17)9-16-8-2-1-3-13(16)15/h1-8H,9H2/q+1. The number of halogens is 2. The molecule has 0 aliphatic heterocycles. The highest BCUT2D eigenvalue weighted by atomic mass is 79.9. The molecule has 0 aliphatic rings. The minimum absolute atomic E-state index is 0.00824. The summed E-state index contributed by atoms with van der Waals surface area (Å²) in [5, 5.41) is 0. The van der Waals surface area contributed by atoms with Crippen molar-refractivity contribution in [3.63, 3.8) is 0 Å². The molecule has 0 radical (unpaired) electrons. The van der Waals surface area contributed by atoms with Crippen LogP contribution in [-0.2, 0) is 6.54 Å². The van der Waals surface area contributed by atoms with Crippen molar-refractivity contribution in [3.05, 3.63) is 64.6 Å². The molecule has 0 amide bonds. The number of hydrogen-bond acceptors (Lipinski definition) is 1. The molecule has 0 saturated heterocycles. The number of aromatic nitrogens is 1. The zero-order valence-corrected chi connectivity index (χ0v) is 10.5. The van der Waals surface area contributed by atoms with Gasteiger partial charge in [0.25, 0.3) is 0 Å². The molecule has 1 aromatic heterocycles. The second-order valence-corrected chi connectivity index (χ2v) is 4.50. The van der Waals surface area contributed by atoms with E-state index >= 15 is 0 Å². The number of nitrogens with zero attached hydrogens (tertiary/aromatic N) is 1. The average Bonchev–Trinajstić information content (AvgIpc) is 2.33. The van der Waals surface area contributed by atoms with Crippen molar-refractivity contribution < 1.29 is 13.8 Å². The van der Waals surface area contributed by atoms with Crippen molar-refractivity contribution in [3.8, 4) is 0 Å². The van der Waals surface area contributed by atoms with Gasteiger partial charge in [-0.15, -0.1) is 4.39 Å². The average molecular weight is 295 g/mol. The summed E-state index contributed by atoms with van der Waals surface area (Å²) in [4.78, 5) is 11.9. The summed E-state index contributed by atoms with van der Waals surface area (Å²) in [6.07, 6.45) is 1.55. The van der Waals surface area contributed by atoms with Gasteiger partial charge in [-0.25, -0.2) is 0 Å². The van der Waals surface area contributed by atoms with Gasteiger partial charge < -0.3 is 0 Å². The first kappa shape index (κ1) is 11.9. The quantitative estimate of drug-likeness (QED) is 0.484. The summed E-state index contributed by atoms with van der Waals surface area (Å²) < 4.78 is 15.5. The molecule has 2 rings (SSSR count). The van der Waals surface area contributed by atoms with Crippen LogP contribution in [0.2, 0.25) is 0 Å². The van der Waals surface area contributed by atoms with Crippen LogP contribution in [0.3, 0.4) is 0 Å². The van der Waals surface area contributed by atoms with E-state index < -0.39 is 5.95 Å². The second-order valence-electron chi connectivity index (χ2n) is 3.58. The van der Waals surface area contributed by atoms with Crippen LogP contribution >= 0.6 is 15.9 Å². The SMILES string of the molecule is O=C(C[n+]1ccccc1F)c1ccc(Br)cc1. The Balaban J connectivity index is 2.17. The minimum Gasteiger partial charge on any atom is -0.287 e. The number of carbonyl (C=O) groups excluding carboxylic acids is 1. The summed E-state index contributed by atoms with van der Waals surface area (Å²) >= 11 is 3.30. The molecule has 0 fully saturated rings. The van der Waals surface area contributed by atoms with Gasteiger partial charge in [-0.3, -0.25) is 4.79 Å². The fraction of sp³-hybridized carbons (Fsp3) is 0.0769. The lowest BCUT2D eigenvalue weighted by Gasteiger charge is -1.99. The molecule has 0 spiro atoms. The number of hydrogen-bond donors (Lipinski definition) is 0. The molecule has 0 aliphatic carbocycles. The lowest BCUT2D eigenvalue weighted by molar-refractivity contribution is -0.711. The molecule has 0 N–H and O–H groups in total. The van der Waals surface area contributed by atoms with Crippen LogP contribution in [0.5, 0.6) is 0 Å². The van der Waals surface area contributed by atoms with Gasteiger partial charge in [0, 0.05) is 22.2 Å². The third kappa shape index (κ3) is 2.97. The number of carbonyl (C=O) groups is 1. The Kier molecular flexibility index (Phi) is 3.64. The number of ketones is 1. The Bertz CT molecular complexity index is 539. The van der Waals surface area contributed by atoms with E-state index in [1.165, 1.54) is 10.6 Å². The molecule has 2 aromatic rings. The number of pyridine rings is 1. The van der Waals surface area contributed by atoms with Crippen LogP contribution in [0.1, 0.15) is 10.4 Å². The van der Waals surface area contributed by atoms with E-state index in [2.05, 4.69) is 15.9 Å². The lowest BCUT2D eigenvalue weighted by Crippen LogP contribution is -2.41. The summed E-state index contributed by atoms with van der Waals surface area (Å²) in [5.74, 6) is -0.537. The van der Waals surface area contributed by atoms with Crippen molar-refractivity contribution in [1.29, 1.82) is 0 Å². The molecule has 86 valence electrons. The molecule has 17 heavy (non-hydrogen) atoms. The lowest BCUT2D eigenvalue weighted by atomic mass is 10.1. The van der Waals surface area contributed by atoms with Crippen LogP contribution in [0, 0.1) is 5.95 Å². The predicted molar refractivity (Wildman–Crippen MR) is 65.1 cm³/mol. The van der Waals surface area contributed by atoms with Crippen LogP contribution in [0.4, 0.5) is 4.39 Å².